The summed E-state index contributed by atoms with van der Waals surface area (Å²) in [6, 6.07) is 4.18. The van der Waals surface area contributed by atoms with Crippen LogP contribution in [0.4, 0.5) is 4.39 Å². The van der Waals surface area contributed by atoms with Crippen molar-refractivity contribution in [3.8, 4) is 0 Å². The second kappa shape index (κ2) is 4.86. The van der Waals surface area contributed by atoms with Gasteiger partial charge >= 0.3 is 0 Å². The fourth-order valence-corrected chi connectivity index (χ4v) is 1.17. The maximum absolute atomic E-state index is 12.8. The van der Waals surface area contributed by atoms with Crippen LogP contribution in [0.25, 0.3) is 0 Å². The van der Waals surface area contributed by atoms with Gasteiger partial charge in [-0.05, 0) is 31.5 Å². The highest BCUT2D eigenvalue weighted by atomic mass is 19.1. The lowest BCUT2D eigenvalue weighted by molar-refractivity contribution is 0.0782. The van der Waals surface area contributed by atoms with Gasteiger partial charge in [-0.1, -0.05) is 6.07 Å². The standard InChI is InChI=1S/C11H13FO2/c1-3-14-7-11(13)10-6-9(12)5-4-8(10)2/h4-6H,3,7H2,1-2H3. The largest absolute Gasteiger partial charge is 0.374 e. The van der Waals surface area contributed by atoms with Crippen molar-refractivity contribution in [3.63, 3.8) is 0 Å². The Morgan fingerprint density at radius 1 is 1.50 bits per heavy atom. The van der Waals surface area contributed by atoms with Crippen LogP contribution in [0.3, 0.4) is 0 Å². The molecular formula is C11H13FO2. The molecule has 1 aromatic carbocycles. The van der Waals surface area contributed by atoms with Gasteiger partial charge in [-0.2, -0.15) is 0 Å². The molecule has 0 aliphatic carbocycles. The molecule has 0 unspecified atom stereocenters. The lowest BCUT2D eigenvalue weighted by Gasteiger charge is -2.04. The van der Waals surface area contributed by atoms with Gasteiger partial charge in [-0.15, -0.1) is 0 Å². The second-order valence-corrected chi connectivity index (χ2v) is 3.02. The van der Waals surface area contributed by atoms with Gasteiger partial charge in [-0.3, -0.25) is 4.79 Å². The van der Waals surface area contributed by atoms with E-state index in [2.05, 4.69) is 0 Å². The number of ketones is 1. The summed E-state index contributed by atoms with van der Waals surface area (Å²) in [5.74, 6) is -0.570. The molecule has 0 saturated heterocycles. The molecule has 3 heteroatoms. The number of benzene rings is 1. The topological polar surface area (TPSA) is 26.3 Å². The van der Waals surface area contributed by atoms with Gasteiger partial charge in [-0.25, -0.2) is 4.39 Å². The Kier molecular flexibility index (Phi) is 3.77. The van der Waals surface area contributed by atoms with Crippen LogP contribution >= 0.6 is 0 Å². The molecule has 0 aliphatic heterocycles. The average Bonchev–Trinajstić information content (AvgIpc) is 2.18. The molecule has 0 aliphatic rings. The molecule has 0 N–H and O–H groups in total. The van der Waals surface area contributed by atoms with Crippen molar-refractivity contribution in [2.45, 2.75) is 13.8 Å². The monoisotopic (exact) mass is 196 g/mol. The van der Waals surface area contributed by atoms with Crippen molar-refractivity contribution >= 4 is 5.78 Å². The lowest BCUT2D eigenvalue weighted by atomic mass is 10.1. The zero-order chi connectivity index (χ0) is 10.6. The summed E-state index contributed by atoms with van der Waals surface area (Å²) in [6.45, 7) is 4.09. The van der Waals surface area contributed by atoms with Crippen LogP contribution in [0.15, 0.2) is 18.2 Å². The summed E-state index contributed by atoms with van der Waals surface area (Å²) in [5.41, 5.74) is 1.18. The Balaban J connectivity index is 2.83. The molecule has 0 fully saturated rings. The van der Waals surface area contributed by atoms with Crippen molar-refractivity contribution < 1.29 is 13.9 Å². The quantitative estimate of drug-likeness (QED) is 0.691. The van der Waals surface area contributed by atoms with Gasteiger partial charge in [0.25, 0.3) is 0 Å². The number of carbonyl (C=O) groups excluding carboxylic acids is 1. The van der Waals surface area contributed by atoms with Crippen molar-refractivity contribution in [1.82, 2.24) is 0 Å². The fraction of sp³-hybridized carbons (Fsp3) is 0.364. The summed E-state index contributed by atoms with van der Waals surface area (Å²) in [5, 5.41) is 0. The number of halogens is 1. The number of hydrogen-bond donors (Lipinski definition) is 0. The van der Waals surface area contributed by atoms with Gasteiger partial charge in [0.2, 0.25) is 0 Å². The van der Waals surface area contributed by atoms with E-state index in [0.717, 1.165) is 5.56 Å². The number of carbonyl (C=O) groups is 1. The number of hydrogen-bond acceptors (Lipinski definition) is 2. The first-order valence-electron chi connectivity index (χ1n) is 4.52. The van der Waals surface area contributed by atoms with Gasteiger partial charge in [0.15, 0.2) is 5.78 Å². The number of rotatable bonds is 4. The van der Waals surface area contributed by atoms with Crippen molar-refractivity contribution in [3.05, 3.63) is 35.1 Å². The van der Waals surface area contributed by atoms with Crippen molar-refractivity contribution in [1.29, 1.82) is 0 Å². The SMILES string of the molecule is CCOCC(=O)c1cc(F)ccc1C. The summed E-state index contributed by atoms with van der Waals surface area (Å²) in [4.78, 5) is 11.5. The molecule has 0 atom stereocenters. The van der Waals surface area contributed by atoms with Crippen LogP contribution in [0, 0.1) is 12.7 Å². The normalized spacial score (nSPS) is 10.2. The van der Waals surface area contributed by atoms with E-state index in [9.17, 15) is 9.18 Å². The summed E-state index contributed by atoms with van der Waals surface area (Å²) < 4.78 is 17.8. The minimum Gasteiger partial charge on any atom is -0.374 e. The molecule has 0 bridgehead atoms. The minimum atomic E-state index is -0.393. The maximum atomic E-state index is 12.8. The van der Waals surface area contributed by atoms with Gasteiger partial charge < -0.3 is 4.74 Å². The Morgan fingerprint density at radius 2 is 2.21 bits per heavy atom. The van der Waals surface area contributed by atoms with E-state index >= 15 is 0 Å². The molecule has 1 rings (SSSR count). The second-order valence-electron chi connectivity index (χ2n) is 3.02. The zero-order valence-corrected chi connectivity index (χ0v) is 8.34. The molecule has 0 spiro atoms. The van der Waals surface area contributed by atoms with E-state index in [1.165, 1.54) is 12.1 Å². The van der Waals surface area contributed by atoms with E-state index in [0.29, 0.717) is 12.2 Å². The zero-order valence-electron chi connectivity index (χ0n) is 8.34. The van der Waals surface area contributed by atoms with E-state index in [4.69, 9.17) is 4.74 Å². The summed E-state index contributed by atoms with van der Waals surface area (Å²) in [7, 11) is 0. The highest BCUT2D eigenvalue weighted by Crippen LogP contribution is 2.10. The molecule has 2 nitrogen and oxygen atoms in total. The van der Waals surface area contributed by atoms with Crippen LogP contribution < -0.4 is 0 Å². The number of ether oxygens (including phenoxy) is 1. The third-order valence-corrected chi connectivity index (χ3v) is 1.94. The first-order valence-corrected chi connectivity index (χ1v) is 4.52. The maximum Gasteiger partial charge on any atom is 0.188 e. The average molecular weight is 196 g/mol. The molecule has 0 saturated carbocycles. The summed E-state index contributed by atoms with van der Waals surface area (Å²) in [6.07, 6.45) is 0. The predicted octanol–water partition coefficient (Wildman–Crippen LogP) is 2.35. The van der Waals surface area contributed by atoms with Crippen LogP contribution in [0.1, 0.15) is 22.8 Å². The molecule has 76 valence electrons. The number of aryl methyl sites for hydroxylation is 1. The highest BCUT2D eigenvalue weighted by Gasteiger charge is 2.09. The van der Waals surface area contributed by atoms with Crippen LogP contribution in [-0.4, -0.2) is 19.0 Å². The molecule has 14 heavy (non-hydrogen) atoms. The van der Waals surface area contributed by atoms with Crippen LogP contribution in [0.5, 0.6) is 0 Å². The third kappa shape index (κ3) is 2.64. The molecule has 0 amide bonds. The smallest absolute Gasteiger partial charge is 0.188 e. The van der Waals surface area contributed by atoms with Crippen LogP contribution in [-0.2, 0) is 4.74 Å². The van der Waals surface area contributed by atoms with E-state index < -0.39 is 5.82 Å². The number of Topliss-reactive ketones (excluding diaryl/α,β-unsaturated/α-hetero) is 1. The third-order valence-electron chi connectivity index (χ3n) is 1.94. The first kappa shape index (κ1) is 10.9. The highest BCUT2D eigenvalue weighted by molar-refractivity contribution is 5.98. The van der Waals surface area contributed by atoms with E-state index in [1.54, 1.807) is 13.0 Å². The Hall–Kier alpha value is -1.22. The van der Waals surface area contributed by atoms with E-state index in [1.807, 2.05) is 6.92 Å². The molecule has 0 heterocycles. The van der Waals surface area contributed by atoms with Crippen molar-refractivity contribution in [2.24, 2.45) is 0 Å². The van der Waals surface area contributed by atoms with Gasteiger partial charge in [0, 0.05) is 12.2 Å². The molecule has 0 radical (unpaired) electrons. The fourth-order valence-electron chi connectivity index (χ4n) is 1.17. The Bertz CT molecular complexity index is 334. The van der Waals surface area contributed by atoms with Gasteiger partial charge in [0.05, 0.1) is 0 Å². The Labute approximate surface area is 82.7 Å². The van der Waals surface area contributed by atoms with Crippen LogP contribution in [0.2, 0.25) is 0 Å². The van der Waals surface area contributed by atoms with Gasteiger partial charge in [0.1, 0.15) is 12.4 Å². The Morgan fingerprint density at radius 3 is 2.86 bits per heavy atom. The summed E-state index contributed by atoms with van der Waals surface area (Å²) >= 11 is 0. The van der Waals surface area contributed by atoms with Crippen molar-refractivity contribution in [2.75, 3.05) is 13.2 Å². The first-order chi connectivity index (χ1) is 6.65. The van der Waals surface area contributed by atoms with E-state index in [-0.39, 0.29) is 12.4 Å². The lowest BCUT2D eigenvalue weighted by Crippen LogP contribution is -2.10. The minimum absolute atomic E-state index is 0.0147. The molecular weight excluding hydrogens is 183 g/mol. The predicted molar refractivity (Wildman–Crippen MR) is 52.0 cm³/mol. The molecule has 1 aromatic rings. The molecule has 0 aromatic heterocycles.